The number of amides is 1. The molecule has 7 nitrogen and oxygen atoms in total. The monoisotopic (exact) mass is 355 g/mol. The SMILES string of the molecule is CC(Oc1ccc([N+](=O)[O-])cc1Cl)C(=O)Nc1ccc(Cl)cn1. The fraction of sp³-hybridized carbons (Fsp3) is 0.143. The summed E-state index contributed by atoms with van der Waals surface area (Å²) in [5.74, 6) is 0.0443. The number of non-ortho nitro benzene ring substituents is 1. The molecule has 1 amide bonds. The van der Waals surface area contributed by atoms with E-state index < -0.39 is 16.9 Å². The van der Waals surface area contributed by atoms with Crippen molar-refractivity contribution in [1.29, 1.82) is 0 Å². The zero-order valence-electron chi connectivity index (χ0n) is 11.8. The molecule has 1 atom stereocenters. The Morgan fingerprint density at radius 3 is 2.65 bits per heavy atom. The first kappa shape index (κ1) is 17.0. The van der Waals surface area contributed by atoms with Crippen LogP contribution in [0.4, 0.5) is 11.5 Å². The van der Waals surface area contributed by atoms with Crippen LogP contribution in [0.1, 0.15) is 6.92 Å². The van der Waals surface area contributed by atoms with E-state index in [4.69, 9.17) is 27.9 Å². The Labute approximate surface area is 141 Å². The van der Waals surface area contributed by atoms with Gasteiger partial charge in [-0.2, -0.15) is 0 Å². The van der Waals surface area contributed by atoms with E-state index in [9.17, 15) is 14.9 Å². The fourth-order valence-electron chi connectivity index (χ4n) is 1.62. The third-order valence-corrected chi connectivity index (χ3v) is 3.30. The second-order valence-electron chi connectivity index (χ2n) is 4.48. The highest BCUT2D eigenvalue weighted by Gasteiger charge is 2.18. The second-order valence-corrected chi connectivity index (χ2v) is 5.33. The summed E-state index contributed by atoms with van der Waals surface area (Å²) in [5.41, 5.74) is -0.162. The van der Waals surface area contributed by atoms with Gasteiger partial charge < -0.3 is 10.1 Å². The summed E-state index contributed by atoms with van der Waals surface area (Å²) in [6, 6.07) is 6.87. The number of halogens is 2. The van der Waals surface area contributed by atoms with Gasteiger partial charge in [-0.3, -0.25) is 14.9 Å². The van der Waals surface area contributed by atoms with Gasteiger partial charge >= 0.3 is 0 Å². The Kier molecular flexibility index (Phi) is 5.36. The minimum absolute atomic E-state index is 0.0449. The van der Waals surface area contributed by atoms with Crippen LogP contribution < -0.4 is 10.1 Å². The normalized spacial score (nSPS) is 11.6. The van der Waals surface area contributed by atoms with Gasteiger partial charge in [0.2, 0.25) is 0 Å². The van der Waals surface area contributed by atoms with Crippen LogP contribution >= 0.6 is 23.2 Å². The van der Waals surface area contributed by atoms with Crippen molar-refractivity contribution < 1.29 is 14.5 Å². The predicted molar refractivity (Wildman–Crippen MR) is 86.1 cm³/mol. The molecule has 2 aromatic rings. The number of aromatic nitrogens is 1. The standard InChI is InChI=1S/C14H11Cl2N3O4/c1-8(14(20)18-13-5-2-9(15)7-17-13)23-12-4-3-10(19(21)22)6-11(12)16/h2-8H,1H3,(H,17,18,20). The van der Waals surface area contributed by atoms with Gasteiger partial charge in [0.05, 0.1) is 15.0 Å². The number of rotatable bonds is 5. The minimum Gasteiger partial charge on any atom is -0.479 e. The Morgan fingerprint density at radius 2 is 2.09 bits per heavy atom. The summed E-state index contributed by atoms with van der Waals surface area (Å²) in [4.78, 5) is 26.0. The topological polar surface area (TPSA) is 94.4 Å². The van der Waals surface area contributed by atoms with E-state index in [1.54, 1.807) is 12.1 Å². The molecule has 0 aliphatic rings. The molecule has 1 N–H and O–H groups in total. The van der Waals surface area contributed by atoms with E-state index >= 15 is 0 Å². The van der Waals surface area contributed by atoms with Gasteiger partial charge in [0.15, 0.2) is 6.10 Å². The van der Waals surface area contributed by atoms with E-state index in [0.717, 1.165) is 6.07 Å². The molecule has 0 bridgehead atoms. The van der Waals surface area contributed by atoms with Crippen LogP contribution in [0.2, 0.25) is 10.0 Å². The highest BCUT2D eigenvalue weighted by molar-refractivity contribution is 6.32. The van der Waals surface area contributed by atoms with Gasteiger partial charge in [-0.25, -0.2) is 4.98 Å². The molecule has 0 aliphatic carbocycles. The molecule has 0 saturated carbocycles. The maximum absolute atomic E-state index is 12.0. The van der Waals surface area contributed by atoms with E-state index in [2.05, 4.69) is 10.3 Å². The van der Waals surface area contributed by atoms with E-state index in [0.29, 0.717) is 10.8 Å². The lowest BCUT2D eigenvalue weighted by atomic mass is 10.3. The number of ether oxygens (including phenoxy) is 1. The van der Waals surface area contributed by atoms with E-state index in [1.807, 2.05) is 0 Å². The molecule has 0 radical (unpaired) electrons. The molecule has 120 valence electrons. The van der Waals surface area contributed by atoms with Crippen molar-refractivity contribution in [3.8, 4) is 5.75 Å². The number of nitro groups is 1. The average Bonchev–Trinajstić information content (AvgIpc) is 2.51. The van der Waals surface area contributed by atoms with Crippen molar-refractivity contribution in [2.75, 3.05) is 5.32 Å². The lowest BCUT2D eigenvalue weighted by molar-refractivity contribution is -0.384. The van der Waals surface area contributed by atoms with Crippen molar-refractivity contribution in [3.63, 3.8) is 0 Å². The second kappa shape index (κ2) is 7.26. The number of nitro benzene ring substituents is 1. The minimum atomic E-state index is -0.883. The van der Waals surface area contributed by atoms with Crippen LogP contribution in [-0.2, 0) is 4.79 Å². The number of nitrogens with one attached hydrogen (secondary N) is 1. The van der Waals surface area contributed by atoms with Crippen molar-refractivity contribution in [2.24, 2.45) is 0 Å². The fourth-order valence-corrected chi connectivity index (χ4v) is 1.95. The molecule has 0 saturated heterocycles. The van der Waals surface area contributed by atoms with Crippen LogP contribution in [-0.4, -0.2) is 21.9 Å². The van der Waals surface area contributed by atoms with Gasteiger partial charge in [-0.1, -0.05) is 23.2 Å². The van der Waals surface area contributed by atoms with Crippen LogP contribution in [0.25, 0.3) is 0 Å². The van der Waals surface area contributed by atoms with Crippen molar-refractivity contribution in [1.82, 2.24) is 4.98 Å². The Bertz CT molecular complexity index is 737. The Morgan fingerprint density at radius 1 is 1.35 bits per heavy atom. The van der Waals surface area contributed by atoms with Gasteiger partial charge in [-0.15, -0.1) is 0 Å². The van der Waals surface area contributed by atoms with Crippen LogP contribution in [0, 0.1) is 10.1 Å². The zero-order chi connectivity index (χ0) is 17.0. The number of hydrogen-bond donors (Lipinski definition) is 1. The first-order valence-electron chi connectivity index (χ1n) is 6.40. The van der Waals surface area contributed by atoms with Crippen LogP contribution in [0.3, 0.4) is 0 Å². The van der Waals surface area contributed by atoms with Gasteiger partial charge in [0.25, 0.3) is 11.6 Å². The summed E-state index contributed by atoms with van der Waals surface area (Å²) in [7, 11) is 0. The molecule has 1 aromatic heterocycles. The molecular weight excluding hydrogens is 345 g/mol. The number of nitrogens with zero attached hydrogens (tertiary/aromatic N) is 2. The highest BCUT2D eigenvalue weighted by Crippen LogP contribution is 2.29. The number of carbonyl (C=O) groups is 1. The number of hydrogen-bond acceptors (Lipinski definition) is 5. The van der Waals surface area contributed by atoms with Crippen LogP contribution in [0.5, 0.6) is 5.75 Å². The number of benzene rings is 1. The first-order chi connectivity index (χ1) is 10.9. The quantitative estimate of drug-likeness (QED) is 0.651. The third kappa shape index (κ3) is 4.54. The molecular formula is C14H11Cl2N3O4. The molecule has 2 rings (SSSR count). The van der Waals surface area contributed by atoms with E-state index in [-0.39, 0.29) is 16.5 Å². The molecule has 0 aliphatic heterocycles. The third-order valence-electron chi connectivity index (χ3n) is 2.78. The largest absolute Gasteiger partial charge is 0.479 e. The lowest BCUT2D eigenvalue weighted by Gasteiger charge is -2.15. The van der Waals surface area contributed by atoms with Gasteiger partial charge in [0, 0.05) is 18.3 Å². The van der Waals surface area contributed by atoms with Crippen molar-refractivity contribution >= 4 is 40.6 Å². The number of carbonyl (C=O) groups excluding carboxylic acids is 1. The maximum Gasteiger partial charge on any atom is 0.271 e. The summed E-state index contributed by atoms with van der Waals surface area (Å²) >= 11 is 11.6. The number of anilines is 1. The highest BCUT2D eigenvalue weighted by atomic mass is 35.5. The van der Waals surface area contributed by atoms with Crippen molar-refractivity contribution in [2.45, 2.75) is 13.0 Å². The molecule has 9 heteroatoms. The summed E-state index contributed by atoms with van der Waals surface area (Å²) in [6.07, 6.45) is 0.516. The lowest BCUT2D eigenvalue weighted by Crippen LogP contribution is -2.30. The predicted octanol–water partition coefficient (Wildman–Crippen LogP) is 3.70. The van der Waals surface area contributed by atoms with Crippen molar-refractivity contribution in [3.05, 3.63) is 56.7 Å². The summed E-state index contributed by atoms with van der Waals surface area (Å²) in [5, 5.41) is 13.7. The Balaban J connectivity index is 2.03. The summed E-state index contributed by atoms with van der Waals surface area (Å²) < 4.78 is 5.42. The molecule has 23 heavy (non-hydrogen) atoms. The zero-order valence-corrected chi connectivity index (χ0v) is 13.3. The average molecular weight is 356 g/mol. The van der Waals surface area contributed by atoms with Gasteiger partial charge in [0.1, 0.15) is 11.6 Å². The maximum atomic E-state index is 12.0. The molecule has 1 aromatic carbocycles. The van der Waals surface area contributed by atoms with E-state index in [1.165, 1.54) is 25.3 Å². The first-order valence-corrected chi connectivity index (χ1v) is 7.15. The van der Waals surface area contributed by atoms with Gasteiger partial charge in [-0.05, 0) is 25.1 Å². The molecule has 1 heterocycles. The molecule has 0 fully saturated rings. The number of pyridine rings is 1. The Hall–Kier alpha value is -2.38. The smallest absolute Gasteiger partial charge is 0.271 e. The van der Waals surface area contributed by atoms with Crippen LogP contribution in [0.15, 0.2) is 36.5 Å². The molecule has 1 unspecified atom stereocenters. The molecule has 0 spiro atoms. The summed E-state index contributed by atoms with van der Waals surface area (Å²) in [6.45, 7) is 1.52.